The average Bonchev–Trinajstić information content (AvgIpc) is 2.75. The third kappa shape index (κ3) is 4.65. The van der Waals surface area contributed by atoms with E-state index in [2.05, 4.69) is 5.32 Å². The summed E-state index contributed by atoms with van der Waals surface area (Å²) in [5.41, 5.74) is 1.82. The summed E-state index contributed by atoms with van der Waals surface area (Å²) in [7, 11) is 0. The number of benzene rings is 2. The summed E-state index contributed by atoms with van der Waals surface area (Å²) in [5, 5.41) is 2.87. The molecule has 5 nitrogen and oxygen atoms in total. The van der Waals surface area contributed by atoms with Gasteiger partial charge in [0.15, 0.2) is 11.6 Å². The largest absolute Gasteiger partial charge is 0.342 e. The smallest absolute Gasteiger partial charge is 0.246 e. The minimum Gasteiger partial charge on any atom is -0.342 e. The first-order valence-electron chi connectivity index (χ1n) is 9.90. The average molecular weight is 432 g/mol. The predicted molar refractivity (Wildman–Crippen MR) is 112 cm³/mol. The molecule has 0 aromatic heterocycles. The topological polar surface area (TPSA) is 52.7 Å². The predicted octanol–water partition coefficient (Wildman–Crippen LogP) is 2.41. The zero-order valence-electron chi connectivity index (χ0n) is 16.4. The third-order valence-corrected chi connectivity index (χ3v) is 6.56. The summed E-state index contributed by atoms with van der Waals surface area (Å²) in [4.78, 5) is 29.2. The lowest BCUT2D eigenvalue weighted by Gasteiger charge is -2.45. The number of carbonyl (C=O) groups excluding carboxylic acids is 2. The van der Waals surface area contributed by atoms with E-state index in [4.69, 9.17) is 0 Å². The Bertz CT molecular complexity index is 928. The lowest BCUT2D eigenvalue weighted by atomic mass is 10.0. The lowest BCUT2D eigenvalue weighted by molar-refractivity contribution is -0.152. The molecule has 2 heterocycles. The van der Waals surface area contributed by atoms with Crippen molar-refractivity contribution in [2.45, 2.75) is 24.4 Å². The van der Waals surface area contributed by atoms with Crippen LogP contribution in [0.5, 0.6) is 0 Å². The Morgan fingerprint density at radius 3 is 2.57 bits per heavy atom. The first-order valence-corrected chi connectivity index (χ1v) is 11.1. The number of thioether (sulfide) groups is 1. The van der Waals surface area contributed by atoms with E-state index < -0.39 is 23.7 Å². The van der Waals surface area contributed by atoms with Crippen molar-refractivity contribution < 1.29 is 18.4 Å². The van der Waals surface area contributed by atoms with E-state index in [0.717, 1.165) is 11.8 Å². The number of rotatable bonds is 6. The Labute approximate surface area is 178 Å². The molecular formula is C22H23F2N3O2S. The van der Waals surface area contributed by atoms with Crippen LogP contribution in [0.2, 0.25) is 0 Å². The fourth-order valence-corrected chi connectivity index (χ4v) is 4.89. The fourth-order valence-electron chi connectivity index (χ4n) is 3.88. The normalized spacial score (nSPS) is 22.0. The van der Waals surface area contributed by atoms with E-state index in [-0.39, 0.29) is 11.8 Å². The number of amides is 2. The first-order chi connectivity index (χ1) is 14.5. The van der Waals surface area contributed by atoms with E-state index in [0.29, 0.717) is 37.5 Å². The van der Waals surface area contributed by atoms with Gasteiger partial charge in [-0.15, -0.1) is 0 Å². The number of piperazine rings is 2. The first kappa shape index (κ1) is 20.8. The van der Waals surface area contributed by atoms with Crippen molar-refractivity contribution in [1.82, 2.24) is 15.1 Å². The highest BCUT2D eigenvalue weighted by molar-refractivity contribution is 7.98. The van der Waals surface area contributed by atoms with Crippen molar-refractivity contribution in [3.8, 4) is 0 Å². The second kappa shape index (κ2) is 9.14. The molecule has 2 atom stereocenters. The number of carbonyl (C=O) groups is 2. The summed E-state index contributed by atoms with van der Waals surface area (Å²) >= 11 is 1.62. The summed E-state index contributed by atoms with van der Waals surface area (Å²) in [6.45, 7) is 1.80. The SMILES string of the molecule is O=C1N[C@@H](CSCc2ccccc2)C(=O)N2CCN(Cc3ccc(F)c(F)c3)C[C@H]12. The van der Waals surface area contributed by atoms with Gasteiger partial charge in [-0.25, -0.2) is 8.78 Å². The van der Waals surface area contributed by atoms with Gasteiger partial charge in [0, 0.05) is 37.7 Å². The quantitative estimate of drug-likeness (QED) is 0.763. The maximum atomic E-state index is 13.5. The number of halogens is 2. The molecule has 2 amide bonds. The molecule has 8 heteroatoms. The van der Waals surface area contributed by atoms with Gasteiger partial charge in [0.05, 0.1) is 0 Å². The summed E-state index contributed by atoms with van der Waals surface area (Å²) in [6, 6.07) is 12.8. The Balaban J connectivity index is 1.33. The van der Waals surface area contributed by atoms with Gasteiger partial charge in [0.2, 0.25) is 11.8 Å². The summed E-state index contributed by atoms with van der Waals surface area (Å²) in [5.74, 6) is -0.653. The van der Waals surface area contributed by atoms with E-state index in [1.807, 2.05) is 35.2 Å². The van der Waals surface area contributed by atoms with Crippen molar-refractivity contribution in [2.75, 3.05) is 25.4 Å². The number of nitrogens with zero attached hydrogens (tertiary/aromatic N) is 2. The van der Waals surface area contributed by atoms with Gasteiger partial charge in [-0.3, -0.25) is 14.5 Å². The molecule has 2 aliphatic rings. The molecule has 4 rings (SSSR count). The zero-order chi connectivity index (χ0) is 21.1. The molecular weight excluding hydrogens is 408 g/mol. The second-order valence-corrected chi connectivity index (χ2v) is 8.62. The second-order valence-electron chi connectivity index (χ2n) is 7.59. The van der Waals surface area contributed by atoms with Gasteiger partial charge in [0.25, 0.3) is 0 Å². The minimum atomic E-state index is -0.882. The van der Waals surface area contributed by atoms with Crippen molar-refractivity contribution in [1.29, 1.82) is 0 Å². The molecule has 0 bridgehead atoms. The van der Waals surface area contributed by atoms with E-state index in [1.54, 1.807) is 16.7 Å². The van der Waals surface area contributed by atoms with Crippen LogP contribution in [-0.4, -0.2) is 59.1 Å². The van der Waals surface area contributed by atoms with Crippen LogP contribution in [0, 0.1) is 11.6 Å². The molecule has 0 spiro atoms. The Morgan fingerprint density at radius 2 is 1.80 bits per heavy atom. The lowest BCUT2D eigenvalue weighted by Crippen LogP contribution is -2.69. The summed E-state index contributed by atoms with van der Waals surface area (Å²) < 4.78 is 26.6. The molecule has 0 unspecified atom stereocenters. The number of hydrogen-bond acceptors (Lipinski definition) is 4. The monoisotopic (exact) mass is 431 g/mol. The Morgan fingerprint density at radius 1 is 1.00 bits per heavy atom. The molecule has 158 valence electrons. The summed E-state index contributed by atoms with van der Waals surface area (Å²) in [6.07, 6.45) is 0. The van der Waals surface area contributed by atoms with Crippen LogP contribution in [-0.2, 0) is 21.9 Å². The standard InChI is InChI=1S/C22H23F2N3O2S/c23-17-7-6-16(10-18(17)24)11-26-8-9-27-20(12-26)21(28)25-19(22(27)29)14-30-13-15-4-2-1-3-5-15/h1-7,10,19-20H,8-9,11-14H2,(H,25,28)/t19-,20+/m0/s1. The highest BCUT2D eigenvalue weighted by atomic mass is 32.2. The molecule has 1 N–H and O–H groups in total. The van der Waals surface area contributed by atoms with Gasteiger partial charge in [-0.1, -0.05) is 36.4 Å². The van der Waals surface area contributed by atoms with Crippen LogP contribution in [0.15, 0.2) is 48.5 Å². The van der Waals surface area contributed by atoms with Crippen LogP contribution < -0.4 is 5.32 Å². The number of fused-ring (bicyclic) bond motifs is 1. The highest BCUT2D eigenvalue weighted by Crippen LogP contribution is 2.21. The molecule has 0 radical (unpaired) electrons. The van der Waals surface area contributed by atoms with Gasteiger partial charge >= 0.3 is 0 Å². The van der Waals surface area contributed by atoms with Gasteiger partial charge in [-0.05, 0) is 23.3 Å². The van der Waals surface area contributed by atoms with Crippen LogP contribution in [0.1, 0.15) is 11.1 Å². The van der Waals surface area contributed by atoms with Crippen LogP contribution in [0.3, 0.4) is 0 Å². The molecule has 0 aliphatic carbocycles. The molecule has 2 aromatic carbocycles. The maximum Gasteiger partial charge on any atom is 0.246 e. The zero-order valence-corrected chi connectivity index (χ0v) is 17.2. The van der Waals surface area contributed by atoms with Gasteiger partial charge < -0.3 is 10.2 Å². The number of nitrogens with one attached hydrogen (secondary N) is 1. The number of hydrogen-bond donors (Lipinski definition) is 1. The van der Waals surface area contributed by atoms with Crippen molar-refractivity contribution in [3.05, 3.63) is 71.3 Å². The fraction of sp³-hybridized carbons (Fsp3) is 0.364. The Kier molecular flexibility index (Phi) is 6.34. The Hall–Kier alpha value is -2.45. The molecule has 2 fully saturated rings. The van der Waals surface area contributed by atoms with Gasteiger partial charge in [0.1, 0.15) is 12.1 Å². The van der Waals surface area contributed by atoms with Gasteiger partial charge in [-0.2, -0.15) is 11.8 Å². The molecule has 2 aliphatic heterocycles. The van der Waals surface area contributed by atoms with Crippen LogP contribution in [0.4, 0.5) is 8.78 Å². The molecule has 2 saturated heterocycles. The van der Waals surface area contributed by atoms with Crippen LogP contribution >= 0.6 is 11.8 Å². The van der Waals surface area contributed by atoms with Crippen LogP contribution in [0.25, 0.3) is 0 Å². The van der Waals surface area contributed by atoms with Crippen molar-refractivity contribution in [2.24, 2.45) is 0 Å². The third-order valence-electron chi connectivity index (χ3n) is 5.45. The van der Waals surface area contributed by atoms with E-state index in [1.165, 1.54) is 17.7 Å². The van der Waals surface area contributed by atoms with E-state index in [9.17, 15) is 18.4 Å². The van der Waals surface area contributed by atoms with E-state index >= 15 is 0 Å². The van der Waals surface area contributed by atoms with Crippen molar-refractivity contribution in [3.63, 3.8) is 0 Å². The minimum absolute atomic E-state index is 0.0485. The molecule has 0 saturated carbocycles. The maximum absolute atomic E-state index is 13.5. The molecule has 2 aromatic rings. The molecule has 30 heavy (non-hydrogen) atoms. The highest BCUT2D eigenvalue weighted by Gasteiger charge is 2.43. The van der Waals surface area contributed by atoms with Crippen molar-refractivity contribution >= 4 is 23.6 Å².